The lowest BCUT2D eigenvalue weighted by molar-refractivity contribution is -0.234. The van der Waals surface area contributed by atoms with Crippen molar-refractivity contribution in [3.05, 3.63) is 12.7 Å². The molecule has 0 N–H and O–H groups in total. The summed E-state index contributed by atoms with van der Waals surface area (Å²) in [5, 5.41) is 0.744. The first-order chi connectivity index (χ1) is 5.83. The zero-order valence-corrected chi connectivity index (χ0v) is 8.81. The number of alkyl halides is 1. The van der Waals surface area contributed by atoms with Crippen LogP contribution in [0.15, 0.2) is 12.7 Å². The average Bonchev–Trinajstić information content (AvgIpc) is 2.16. The van der Waals surface area contributed by atoms with E-state index < -0.39 is 0 Å². The number of ether oxygens (including phenoxy) is 2. The molecule has 0 aliphatic carbocycles. The van der Waals surface area contributed by atoms with Gasteiger partial charge in [-0.25, -0.2) is 0 Å². The summed E-state index contributed by atoms with van der Waals surface area (Å²) in [6.45, 7) is 4.98. The average molecular weight is 235 g/mol. The summed E-state index contributed by atoms with van der Waals surface area (Å²) in [5.74, 6) is -0.382. The Morgan fingerprint density at radius 3 is 2.92 bits per heavy atom. The van der Waals surface area contributed by atoms with E-state index in [4.69, 9.17) is 9.47 Å². The molecule has 0 amide bonds. The molecule has 1 atom stereocenters. The Bertz CT molecular complexity index is 141. The van der Waals surface area contributed by atoms with Gasteiger partial charge in [0.25, 0.3) is 0 Å². The second kappa shape index (κ2) is 5.00. The van der Waals surface area contributed by atoms with Gasteiger partial charge in [0.2, 0.25) is 0 Å². The molecule has 0 aromatic heterocycles. The molecule has 0 aromatic carbocycles. The maximum Gasteiger partial charge on any atom is 0.178 e. The standard InChI is InChI=1S/C9H15BrO2/c1-2-6-11-9(8-10)5-3-4-7-12-9/h2H,1,3-8H2/t9-/m1/s1. The first-order valence-corrected chi connectivity index (χ1v) is 5.40. The van der Waals surface area contributed by atoms with Gasteiger partial charge in [-0.3, -0.25) is 0 Å². The fourth-order valence-electron chi connectivity index (χ4n) is 1.30. The fraction of sp³-hybridized carbons (Fsp3) is 0.778. The van der Waals surface area contributed by atoms with Gasteiger partial charge in [0, 0.05) is 6.42 Å². The van der Waals surface area contributed by atoms with E-state index in [9.17, 15) is 0 Å². The van der Waals surface area contributed by atoms with Crippen molar-refractivity contribution in [3.8, 4) is 0 Å². The van der Waals surface area contributed by atoms with Gasteiger partial charge in [-0.1, -0.05) is 22.0 Å². The van der Waals surface area contributed by atoms with Crippen LogP contribution in [-0.2, 0) is 9.47 Å². The van der Waals surface area contributed by atoms with Gasteiger partial charge < -0.3 is 9.47 Å². The van der Waals surface area contributed by atoms with Crippen LogP contribution in [0.25, 0.3) is 0 Å². The van der Waals surface area contributed by atoms with Crippen molar-refractivity contribution in [2.45, 2.75) is 25.0 Å². The van der Waals surface area contributed by atoms with Crippen LogP contribution in [0.2, 0.25) is 0 Å². The van der Waals surface area contributed by atoms with Crippen molar-refractivity contribution in [2.75, 3.05) is 18.5 Å². The van der Waals surface area contributed by atoms with Crippen LogP contribution >= 0.6 is 15.9 Å². The molecule has 0 radical (unpaired) electrons. The SMILES string of the molecule is C=CCO[C@]1(CBr)CCCCO1. The van der Waals surface area contributed by atoms with E-state index >= 15 is 0 Å². The topological polar surface area (TPSA) is 18.5 Å². The van der Waals surface area contributed by atoms with Gasteiger partial charge in [-0.2, -0.15) is 0 Å². The van der Waals surface area contributed by atoms with E-state index in [-0.39, 0.29) is 5.79 Å². The molecule has 0 aromatic rings. The summed E-state index contributed by atoms with van der Waals surface area (Å²) in [4.78, 5) is 0. The fourth-order valence-corrected chi connectivity index (χ4v) is 1.90. The lowest BCUT2D eigenvalue weighted by Gasteiger charge is -2.35. The van der Waals surface area contributed by atoms with Crippen LogP contribution in [0.5, 0.6) is 0 Å². The maximum atomic E-state index is 5.60. The van der Waals surface area contributed by atoms with Crippen molar-refractivity contribution in [2.24, 2.45) is 0 Å². The molecule has 12 heavy (non-hydrogen) atoms. The smallest absolute Gasteiger partial charge is 0.178 e. The van der Waals surface area contributed by atoms with Gasteiger partial charge >= 0.3 is 0 Å². The van der Waals surface area contributed by atoms with Gasteiger partial charge in [0.15, 0.2) is 5.79 Å². The molecule has 0 saturated carbocycles. The third-order valence-electron chi connectivity index (χ3n) is 1.98. The molecule has 70 valence electrons. The lowest BCUT2D eigenvalue weighted by atomic mass is 10.1. The molecule has 2 nitrogen and oxygen atoms in total. The molecule has 1 fully saturated rings. The summed E-state index contributed by atoms with van der Waals surface area (Å²) < 4.78 is 11.2. The Morgan fingerprint density at radius 1 is 1.58 bits per heavy atom. The summed E-state index contributed by atoms with van der Waals surface area (Å²) in [7, 11) is 0. The molecule has 1 aliphatic heterocycles. The van der Waals surface area contributed by atoms with Crippen molar-refractivity contribution in [1.82, 2.24) is 0 Å². The van der Waals surface area contributed by atoms with E-state index in [1.807, 2.05) is 0 Å². The van der Waals surface area contributed by atoms with E-state index in [0.29, 0.717) is 6.61 Å². The molecule has 0 unspecified atom stereocenters. The van der Waals surface area contributed by atoms with Crippen LogP contribution in [0, 0.1) is 0 Å². The van der Waals surface area contributed by atoms with Crippen LogP contribution in [0.3, 0.4) is 0 Å². The van der Waals surface area contributed by atoms with Crippen LogP contribution in [0.4, 0.5) is 0 Å². The van der Waals surface area contributed by atoms with Gasteiger partial charge in [-0.05, 0) is 12.8 Å². The number of rotatable bonds is 4. The summed E-state index contributed by atoms with van der Waals surface area (Å²) in [6, 6.07) is 0. The van der Waals surface area contributed by atoms with E-state index in [1.54, 1.807) is 6.08 Å². The van der Waals surface area contributed by atoms with E-state index in [1.165, 1.54) is 6.42 Å². The number of hydrogen-bond acceptors (Lipinski definition) is 2. The lowest BCUT2D eigenvalue weighted by Crippen LogP contribution is -2.41. The Kier molecular flexibility index (Phi) is 4.26. The zero-order valence-electron chi connectivity index (χ0n) is 7.22. The highest BCUT2D eigenvalue weighted by atomic mass is 79.9. The molecule has 1 heterocycles. The van der Waals surface area contributed by atoms with Crippen LogP contribution in [-0.4, -0.2) is 24.3 Å². The highest BCUT2D eigenvalue weighted by Crippen LogP contribution is 2.27. The number of hydrogen-bond donors (Lipinski definition) is 0. The molecule has 3 heteroatoms. The van der Waals surface area contributed by atoms with E-state index in [0.717, 1.165) is 24.8 Å². The highest BCUT2D eigenvalue weighted by Gasteiger charge is 2.32. The summed E-state index contributed by atoms with van der Waals surface area (Å²) >= 11 is 3.41. The molecule has 0 bridgehead atoms. The molecule has 1 aliphatic rings. The summed E-state index contributed by atoms with van der Waals surface area (Å²) in [6.07, 6.45) is 5.06. The Morgan fingerprint density at radius 2 is 2.42 bits per heavy atom. The third kappa shape index (κ3) is 2.57. The van der Waals surface area contributed by atoms with Crippen molar-refractivity contribution in [3.63, 3.8) is 0 Å². The highest BCUT2D eigenvalue weighted by molar-refractivity contribution is 9.09. The molecule has 1 rings (SSSR count). The minimum Gasteiger partial charge on any atom is -0.349 e. The third-order valence-corrected chi connectivity index (χ3v) is 2.84. The van der Waals surface area contributed by atoms with Gasteiger partial charge in [0.05, 0.1) is 18.5 Å². The quantitative estimate of drug-likeness (QED) is 0.550. The first-order valence-electron chi connectivity index (χ1n) is 4.28. The Balaban J connectivity index is 2.41. The summed E-state index contributed by atoms with van der Waals surface area (Å²) in [5.41, 5.74) is 0. The van der Waals surface area contributed by atoms with Gasteiger partial charge in [-0.15, -0.1) is 6.58 Å². The number of halogens is 1. The molecule has 0 spiro atoms. The first kappa shape index (κ1) is 10.2. The van der Waals surface area contributed by atoms with Crippen molar-refractivity contribution >= 4 is 15.9 Å². The van der Waals surface area contributed by atoms with Crippen LogP contribution in [0.1, 0.15) is 19.3 Å². The second-order valence-corrected chi connectivity index (χ2v) is 3.51. The second-order valence-electron chi connectivity index (χ2n) is 2.95. The minimum atomic E-state index is -0.382. The molecular formula is C9H15BrO2. The molecular weight excluding hydrogens is 220 g/mol. The zero-order chi connectivity index (χ0) is 8.86. The monoisotopic (exact) mass is 234 g/mol. The predicted octanol–water partition coefficient (Wildman–Crippen LogP) is 2.48. The maximum absolute atomic E-state index is 5.60. The van der Waals surface area contributed by atoms with Crippen LogP contribution < -0.4 is 0 Å². The van der Waals surface area contributed by atoms with Gasteiger partial charge in [0.1, 0.15) is 0 Å². The van der Waals surface area contributed by atoms with Crippen molar-refractivity contribution in [1.29, 1.82) is 0 Å². The normalized spacial score (nSPS) is 30.1. The molecule has 1 saturated heterocycles. The van der Waals surface area contributed by atoms with Crippen molar-refractivity contribution < 1.29 is 9.47 Å². The minimum absolute atomic E-state index is 0.382. The Labute approximate surface area is 82.1 Å². The Hall–Kier alpha value is 0.140. The largest absolute Gasteiger partial charge is 0.349 e. The predicted molar refractivity (Wildman–Crippen MR) is 52.5 cm³/mol. The van der Waals surface area contributed by atoms with E-state index in [2.05, 4.69) is 22.5 Å².